The van der Waals surface area contributed by atoms with Gasteiger partial charge in [-0.25, -0.2) is 5.43 Å². The minimum atomic E-state index is -0.446. The van der Waals surface area contributed by atoms with E-state index < -0.39 is 5.91 Å². The summed E-state index contributed by atoms with van der Waals surface area (Å²) in [6.07, 6.45) is 1.43. The molecule has 30 heavy (non-hydrogen) atoms. The quantitative estimate of drug-likeness (QED) is 0.335. The van der Waals surface area contributed by atoms with Crippen molar-refractivity contribution < 1.29 is 14.6 Å². The molecule has 0 saturated carbocycles. The molecule has 0 fully saturated rings. The molecule has 3 aromatic carbocycles. The molecule has 0 aliphatic heterocycles. The van der Waals surface area contributed by atoms with Crippen LogP contribution >= 0.6 is 0 Å². The molecular formula is C23H20N4O3. The number of hydrazone groups is 1. The molecule has 1 aromatic heterocycles. The van der Waals surface area contributed by atoms with E-state index in [4.69, 9.17) is 4.74 Å². The van der Waals surface area contributed by atoms with Gasteiger partial charge in [-0.1, -0.05) is 42.5 Å². The number of benzene rings is 3. The first kappa shape index (κ1) is 19.2. The Bertz CT molecular complexity index is 1230. The molecule has 0 radical (unpaired) electrons. The molecule has 0 bridgehead atoms. The Hall–Kier alpha value is -4.13. The smallest absolute Gasteiger partial charge is 0.289 e. The fraction of sp³-hybridized carbons (Fsp3) is 0.0870. The number of aromatic hydroxyl groups is 1. The van der Waals surface area contributed by atoms with Gasteiger partial charge in [-0.05, 0) is 42.0 Å². The van der Waals surface area contributed by atoms with Crippen LogP contribution < -0.4 is 10.2 Å². The molecule has 0 spiro atoms. The fourth-order valence-corrected chi connectivity index (χ4v) is 3.17. The number of ether oxygens (including phenoxy) is 1. The first-order valence-corrected chi connectivity index (χ1v) is 9.49. The first-order valence-electron chi connectivity index (χ1n) is 9.49. The number of hydrogen-bond donors (Lipinski definition) is 3. The van der Waals surface area contributed by atoms with Crippen LogP contribution in [-0.2, 0) is 0 Å². The van der Waals surface area contributed by atoms with Crippen molar-refractivity contribution >= 4 is 22.9 Å². The summed E-state index contributed by atoms with van der Waals surface area (Å²) >= 11 is 0. The second kappa shape index (κ2) is 8.48. The van der Waals surface area contributed by atoms with Gasteiger partial charge in [0.05, 0.1) is 18.5 Å². The van der Waals surface area contributed by atoms with Crippen molar-refractivity contribution in [3.8, 4) is 22.8 Å². The number of fused-ring (bicyclic) bond motifs is 1. The lowest BCUT2D eigenvalue weighted by Gasteiger charge is -2.07. The summed E-state index contributed by atoms with van der Waals surface area (Å²) in [5.74, 6) is 0.338. The maximum Gasteiger partial charge on any atom is 0.289 e. The van der Waals surface area contributed by atoms with Crippen LogP contribution in [0.15, 0.2) is 71.8 Å². The van der Waals surface area contributed by atoms with Gasteiger partial charge in [0.1, 0.15) is 17.2 Å². The van der Waals surface area contributed by atoms with Crippen LogP contribution in [0.25, 0.3) is 22.0 Å². The summed E-state index contributed by atoms with van der Waals surface area (Å²) in [4.78, 5) is 12.4. The van der Waals surface area contributed by atoms with Gasteiger partial charge >= 0.3 is 0 Å². The van der Waals surface area contributed by atoms with Crippen molar-refractivity contribution in [2.24, 2.45) is 5.10 Å². The number of phenolic OH excluding ortho intramolecular Hbond substituents is 1. The highest BCUT2D eigenvalue weighted by Gasteiger charge is 2.13. The predicted octanol–water partition coefficient (Wildman–Crippen LogP) is 4.10. The van der Waals surface area contributed by atoms with Crippen LogP contribution in [0, 0.1) is 0 Å². The molecule has 7 nitrogen and oxygen atoms in total. The zero-order valence-electron chi connectivity index (χ0n) is 16.3. The van der Waals surface area contributed by atoms with Crippen molar-refractivity contribution in [3.63, 3.8) is 0 Å². The third-order valence-corrected chi connectivity index (χ3v) is 4.59. The monoisotopic (exact) mass is 400 g/mol. The lowest BCUT2D eigenvalue weighted by molar-refractivity contribution is 0.0950. The van der Waals surface area contributed by atoms with Crippen molar-refractivity contribution in [2.75, 3.05) is 6.61 Å². The largest absolute Gasteiger partial charge is 0.507 e. The lowest BCUT2D eigenvalue weighted by Crippen LogP contribution is -2.18. The molecule has 0 saturated heterocycles. The summed E-state index contributed by atoms with van der Waals surface area (Å²) in [5, 5.41) is 22.9. The van der Waals surface area contributed by atoms with Crippen LogP contribution in [0.2, 0.25) is 0 Å². The van der Waals surface area contributed by atoms with E-state index in [0.717, 1.165) is 16.3 Å². The Morgan fingerprint density at radius 3 is 2.83 bits per heavy atom. The maximum atomic E-state index is 12.4. The molecule has 1 amide bonds. The molecule has 0 aliphatic rings. The van der Waals surface area contributed by atoms with Crippen LogP contribution in [-0.4, -0.2) is 34.0 Å². The van der Waals surface area contributed by atoms with Crippen molar-refractivity contribution in [2.45, 2.75) is 6.92 Å². The van der Waals surface area contributed by atoms with E-state index in [1.807, 2.05) is 61.5 Å². The Morgan fingerprint density at radius 1 is 1.17 bits per heavy atom. The minimum absolute atomic E-state index is 0.0862. The summed E-state index contributed by atoms with van der Waals surface area (Å²) in [6, 6.07) is 20.2. The van der Waals surface area contributed by atoms with Crippen molar-refractivity contribution in [3.05, 3.63) is 78.0 Å². The van der Waals surface area contributed by atoms with Gasteiger partial charge in [-0.3, -0.25) is 9.89 Å². The number of phenols is 1. The number of hydrogen-bond acceptors (Lipinski definition) is 5. The van der Waals surface area contributed by atoms with E-state index in [1.54, 1.807) is 12.1 Å². The molecule has 150 valence electrons. The van der Waals surface area contributed by atoms with Gasteiger partial charge in [0, 0.05) is 11.1 Å². The van der Waals surface area contributed by atoms with Crippen LogP contribution in [0.3, 0.4) is 0 Å². The number of aromatic amines is 1. The van der Waals surface area contributed by atoms with E-state index in [0.29, 0.717) is 23.6 Å². The highest BCUT2D eigenvalue weighted by Crippen LogP contribution is 2.29. The standard InChI is InChI=1S/C23H20N4O3/c1-2-30-22-10-6-5-9-17(22)19-13-20(26-25-19)23(29)27-24-14-18-16-8-4-3-7-15(16)11-12-21(18)28/h3-14,28H,2H2,1H3,(H,25,26)(H,27,29)/b24-14+. The third-order valence-electron chi connectivity index (χ3n) is 4.59. The molecule has 1 heterocycles. The first-order chi connectivity index (χ1) is 14.7. The topological polar surface area (TPSA) is 99.6 Å². The highest BCUT2D eigenvalue weighted by molar-refractivity contribution is 6.03. The third kappa shape index (κ3) is 3.86. The van der Waals surface area contributed by atoms with E-state index in [9.17, 15) is 9.90 Å². The van der Waals surface area contributed by atoms with Gasteiger partial charge in [-0.2, -0.15) is 10.2 Å². The van der Waals surface area contributed by atoms with Crippen molar-refractivity contribution in [1.82, 2.24) is 15.6 Å². The number of rotatable bonds is 6. The Morgan fingerprint density at radius 2 is 1.97 bits per heavy atom. The average Bonchev–Trinajstić information content (AvgIpc) is 3.26. The molecule has 0 aliphatic carbocycles. The van der Waals surface area contributed by atoms with Gasteiger partial charge in [-0.15, -0.1) is 0 Å². The SMILES string of the molecule is CCOc1ccccc1-c1cc(C(=O)N/N=C/c2c(O)ccc3ccccc23)[nH]n1. The maximum absolute atomic E-state index is 12.4. The Kier molecular flexibility index (Phi) is 5.43. The molecule has 3 N–H and O–H groups in total. The van der Waals surface area contributed by atoms with E-state index >= 15 is 0 Å². The molecule has 0 unspecified atom stereocenters. The number of amides is 1. The van der Waals surface area contributed by atoms with E-state index in [2.05, 4.69) is 20.7 Å². The number of H-pyrrole nitrogens is 1. The summed E-state index contributed by atoms with van der Waals surface area (Å²) < 4.78 is 5.62. The predicted molar refractivity (Wildman–Crippen MR) is 116 cm³/mol. The van der Waals surface area contributed by atoms with Crippen molar-refractivity contribution in [1.29, 1.82) is 0 Å². The van der Waals surface area contributed by atoms with Gasteiger partial charge < -0.3 is 9.84 Å². The fourth-order valence-electron chi connectivity index (χ4n) is 3.17. The lowest BCUT2D eigenvalue weighted by atomic mass is 10.0. The zero-order valence-corrected chi connectivity index (χ0v) is 16.3. The summed E-state index contributed by atoms with van der Waals surface area (Å²) in [7, 11) is 0. The van der Waals surface area contributed by atoms with E-state index in [1.165, 1.54) is 6.21 Å². The number of aromatic nitrogens is 2. The number of nitrogens with one attached hydrogen (secondary N) is 2. The summed E-state index contributed by atoms with van der Waals surface area (Å²) in [5.41, 5.74) is 4.64. The second-order valence-corrected chi connectivity index (χ2v) is 6.51. The number of carbonyl (C=O) groups is 1. The van der Waals surface area contributed by atoms with Gasteiger partial charge in [0.15, 0.2) is 0 Å². The van der Waals surface area contributed by atoms with Crippen LogP contribution in [0.1, 0.15) is 23.0 Å². The Labute approximate surface area is 173 Å². The average molecular weight is 400 g/mol. The molecular weight excluding hydrogens is 380 g/mol. The van der Waals surface area contributed by atoms with E-state index in [-0.39, 0.29) is 11.4 Å². The van der Waals surface area contributed by atoms with Gasteiger partial charge in [0.2, 0.25) is 0 Å². The number of nitrogens with zero attached hydrogens (tertiary/aromatic N) is 2. The number of para-hydroxylation sites is 1. The zero-order chi connectivity index (χ0) is 20.9. The molecule has 0 atom stereocenters. The minimum Gasteiger partial charge on any atom is -0.507 e. The second-order valence-electron chi connectivity index (χ2n) is 6.51. The Balaban J connectivity index is 1.52. The van der Waals surface area contributed by atoms with Crippen LogP contribution in [0.4, 0.5) is 0 Å². The number of carbonyl (C=O) groups excluding carboxylic acids is 1. The normalized spacial score (nSPS) is 11.1. The van der Waals surface area contributed by atoms with Gasteiger partial charge in [0.25, 0.3) is 5.91 Å². The summed E-state index contributed by atoms with van der Waals surface area (Å²) in [6.45, 7) is 2.44. The van der Waals surface area contributed by atoms with Crippen LogP contribution in [0.5, 0.6) is 11.5 Å². The molecule has 4 rings (SSSR count). The highest BCUT2D eigenvalue weighted by atomic mass is 16.5. The molecule has 7 heteroatoms. The molecule has 4 aromatic rings.